The summed E-state index contributed by atoms with van der Waals surface area (Å²) in [7, 11) is -3.22. The molecule has 0 unspecified atom stereocenters. The second kappa shape index (κ2) is 6.13. The molecule has 0 bridgehead atoms. The standard InChI is InChI=1S/C14H14N6O2S2/c1-8-19-20-13(23-8)11-7-16-14(18-12(11)15)17-9-3-5-10(6-4-9)24(2,21)22/h3-7H,1-2H3,(H3,15,16,17,18). The van der Waals surface area contributed by atoms with E-state index in [9.17, 15) is 8.42 Å². The summed E-state index contributed by atoms with van der Waals surface area (Å²) in [6.45, 7) is 1.86. The van der Waals surface area contributed by atoms with E-state index >= 15 is 0 Å². The molecule has 1 aromatic carbocycles. The summed E-state index contributed by atoms with van der Waals surface area (Å²) in [5, 5.41) is 12.4. The van der Waals surface area contributed by atoms with Gasteiger partial charge in [0.2, 0.25) is 5.95 Å². The van der Waals surface area contributed by atoms with Gasteiger partial charge in [-0.15, -0.1) is 10.2 Å². The molecule has 0 radical (unpaired) electrons. The summed E-state index contributed by atoms with van der Waals surface area (Å²) < 4.78 is 22.9. The maximum Gasteiger partial charge on any atom is 0.229 e. The number of hydrogen-bond acceptors (Lipinski definition) is 9. The number of nitrogens with two attached hydrogens (primary N) is 1. The Kier molecular flexibility index (Phi) is 4.16. The molecule has 3 aromatic rings. The molecule has 0 aliphatic carbocycles. The largest absolute Gasteiger partial charge is 0.383 e. The molecule has 2 heterocycles. The van der Waals surface area contributed by atoms with E-state index in [1.807, 2.05) is 6.92 Å². The van der Waals surface area contributed by atoms with Gasteiger partial charge in [0.05, 0.1) is 10.5 Å². The average Bonchev–Trinajstić information content (AvgIpc) is 2.93. The van der Waals surface area contributed by atoms with Crippen molar-refractivity contribution in [3.05, 3.63) is 35.5 Å². The zero-order chi connectivity index (χ0) is 17.3. The van der Waals surface area contributed by atoms with Crippen LogP contribution in [0.25, 0.3) is 10.6 Å². The molecule has 0 aliphatic heterocycles. The van der Waals surface area contributed by atoms with Gasteiger partial charge in [0, 0.05) is 18.1 Å². The van der Waals surface area contributed by atoms with E-state index in [4.69, 9.17) is 5.73 Å². The number of nitrogens with zero attached hydrogens (tertiary/aromatic N) is 4. The highest BCUT2D eigenvalue weighted by Gasteiger charge is 2.11. The van der Waals surface area contributed by atoms with Crippen LogP contribution >= 0.6 is 11.3 Å². The van der Waals surface area contributed by atoms with Crippen molar-refractivity contribution < 1.29 is 8.42 Å². The number of benzene rings is 1. The molecule has 0 fully saturated rings. The third-order valence-corrected chi connectivity index (χ3v) is 5.11. The van der Waals surface area contributed by atoms with Gasteiger partial charge in [-0.25, -0.2) is 13.4 Å². The van der Waals surface area contributed by atoms with Crippen molar-refractivity contribution in [2.24, 2.45) is 0 Å². The minimum absolute atomic E-state index is 0.246. The van der Waals surface area contributed by atoms with E-state index < -0.39 is 9.84 Å². The van der Waals surface area contributed by atoms with Gasteiger partial charge in [-0.05, 0) is 31.2 Å². The summed E-state index contributed by atoms with van der Waals surface area (Å²) in [4.78, 5) is 8.66. The topological polar surface area (TPSA) is 124 Å². The zero-order valence-corrected chi connectivity index (χ0v) is 14.5. The van der Waals surface area contributed by atoms with E-state index in [0.29, 0.717) is 22.2 Å². The van der Waals surface area contributed by atoms with Crippen LogP contribution in [0.4, 0.5) is 17.5 Å². The first kappa shape index (κ1) is 16.3. The van der Waals surface area contributed by atoms with Crippen LogP contribution in [0.3, 0.4) is 0 Å². The molecule has 3 N–H and O–H groups in total. The monoisotopic (exact) mass is 362 g/mol. The molecule has 0 saturated carbocycles. The van der Waals surface area contributed by atoms with Gasteiger partial charge in [-0.2, -0.15) is 4.98 Å². The fraction of sp³-hybridized carbons (Fsp3) is 0.143. The molecule has 3 rings (SSSR count). The van der Waals surface area contributed by atoms with Gasteiger partial charge in [0.15, 0.2) is 14.8 Å². The number of aromatic nitrogens is 4. The Morgan fingerprint density at radius 1 is 1.17 bits per heavy atom. The maximum absolute atomic E-state index is 11.4. The van der Waals surface area contributed by atoms with Crippen LogP contribution in [-0.2, 0) is 9.84 Å². The Bertz CT molecular complexity index is 983. The number of sulfone groups is 1. The molecule has 0 atom stereocenters. The molecule has 24 heavy (non-hydrogen) atoms. The third kappa shape index (κ3) is 3.49. The first-order chi connectivity index (χ1) is 11.3. The first-order valence-corrected chi connectivity index (χ1v) is 9.54. The minimum atomic E-state index is -3.22. The second-order valence-electron chi connectivity index (χ2n) is 5.04. The van der Waals surface area contributed by atoms with Crippen molar-refractivity contribution in [1.82, 2.24) is 20.2 Å². The van der Waals surface area contributed by atoms with Crippen molar-refractivity contribution in [2.75, 3.05) is 17.3 Å². The lowest BCUT2D eigenvalue weighted by Crippen LogP contribution is -2.02. The predicted molar refractivity (Wildman–Crippen MR) is 92.9 cm³/mol. The van der Waals surface area contributed by atoms with Crippen LogP contribution < -0.4 is 11.1 Å². The minimum Gasteiger partial charge on any atom is -0.383 e. The van der Waals surface area contributed by atoms with E-state index in [1.54, 1.807) is 18.3 Å². The number of aryl methyl sites for hydroxylation is 1. The smallest absolute Gasteiger partial charge is 0.229 e. The van der Waals surface area contributed by atoms with Crippen molar-refractivity contribution >= 4 is 38.6 Å². The highest BCUT2D eigenvalue weighted by Crippen LogP contribution is 2.27. The Labute approximate surface area is 142 Å². The van der Waals surface area contributed by atoms with Crippen molar-refractivity contribution in [3.63, 3.8) is 0 Å². The lowest BCUT2D eigenvalue weighted by Gasteiger charge is -2.07. The Morgan fingerprint density at radius 2 is 1.88 bits per heavy atom. The SMILES string of the molecule is Cc1nnc(-c2cnc(Nc3ccc(S(C)(=O)=O)cc3)nc2N)s1. The van der Waals surface area contributed by atoms with E-state index in [1.165, 1.54) is 23.5 Å². The number of hydrogen-bond donors (Lipinski definition) is 2. The van der Waals surface area contributed by atoms with E-state index in [0.717, 1.165) is 11.3 Å². The molecule has 0 amide bonds. The van der Waals surface area contributed by atoms with Crippen LogP contribution in [0.1, 0.15) is 5.01 Å². The normalized spacial score (nSPS) is 11.4. The maximum atomic E-state index is 11.4. The van der Waals surface area contributed by atoms with Gasteiger partial charge in [-0.1, -0.05) is 11.3 Å². The molecule has 0 saturated heterocycles. The Balaban J connectivity index is 1.82. The summed E-state index contributed by atoms with van der Waals surface area (Å²) in [6.07, 6.45) is 2.74. The Hall–Kier alpha value is -2.59. The fourth-order valence-electron chi connectivity index (χ4n) is 1.94. The van der Waals surface area contributed by atoms with E-state index in [-0.39, 0.29) is 10.7 Å². The van der Waals surface area contributed by atoms with Gasteiger partial charge >= 0.3 is 0 Å². The van der Waals surface area contributed by atoms with Crippen LogP contribution in [0, 0.1) is 6.92 Å². The first-order valence-electron chi connectivity index (χ1n) is 6.83. The summed E-state index contributed by atoms with van der Waals surface area (Å²) in [5.74, 6) is 0.598. The fourth-order valence-corrected chi connectivity index (χ4v) is 3.28. The highest BCUT2D eigenvalue weighted by atomic mass is 32.2. The molecular formula is C14H14N6O2S2. The zero-order valence-electron chi connectivity index (χ0n) is 12.9. The molecule has 10 heteroatoms. The molecule has 2 aromatic heterocycles. The quantitative estimate of drug-likeness (QED) is 0.722. The van der Waals surface area contributed by atoms with Gasteiger partial charge in [-0.3, -0.25) is 0 Å². The number of nitrogens with one attached hydrogen (secondary N) is 1. The average molecular weight is 362 g/mol. The van der Waals surface area contributed by atoms with Gasteiger partial charge in [0.25, 0.3) is 0 Å². The summed E-state index contributed by atoms with van der Waals surface area (Å²) >= 11 is 1.41. The molecular weight excluding hydrogens is 348 g/mol. The van der Waals surface area contributed by atoms with Gasteiger partial charge < -0.3 is 11.1 Å². The lowest BCUT2D eigenvalue weighted by molar-refractivity contribution is 0.602. The molecule has 0 aliphatic rings. The summed E-state index contributed by atoms with van der Waals surface area (Å²) in [5.41, 5.74) is 7.24. The van der Waals surface area contributed by atoms with Crippen LogP contribution in [-0.4, -0.2) is 34.8 Å². The molecule has 124 valence electrons. The van der Waals surface area contributed by atoms with Crippen LogP contribution in [0.15, 0.2) is 35.4 Å². The van der Waals surface area contributed by atoms with Crippen LogP contribution in [0.2, 0.25) is 0 Å². The van der Waals surface area contributed by atoms with Crippen molar-refractivity contribution in [3.8, 4) is 10.6 Å². The van der Waals surface area contributed by atoms with Crippen molar-refractivity contribution in [2.45, 2.75) is 11.8 Å². The third-order valence-electron chi connectivity index (χ3n) is 3.11. The second-order valence-corrected chi connectivity index (χ2v) is 8.24. The van der Waals surface area contributed by atoms with Gasteiger partial charge in [0.1, 0.15) is 10.8 Å². The predicted octanol–water partition coefficient (Wildman–Crippen LogP) is 2.03. The summed E-state index contributed by atoms with van der Waals surface area (Å²) in [6, 6.07) is 6.30. The van der Waals surface area contributed by atoms with E-state index in [2.05, 4.69) is 25.5 Å². The van der Waals surface area contributed by atoms with Crippen molar-refractivity contribution in [1.29, 1.82) is 0 Å². The molecule has 8 nitrogen and oxygen atoms in total. The number of anilines is 3. The number of rotatable bonds is 4. The highest BCUT2D eigenvalue weighted by molar-refractivity contribution is 7.90. The Morgan fingerprint density at radius 3 is 2.42 bits per heavy atom. The lowest BCUT2D eigenvalue weighted by atomic mass is 10.3. The number of nitrogen functional groups attached to an aromatic ring is 1. The molecule has 0 spiro atoms. The van der Waals surface area contributed by atoms with Crippen LogP contribution in [0.5, 0.6) is 0 Å².